The summed E-state index contributed by atoms with van der Waals surface area (Å²) in [7, 11) is -1.15. The van der Waals surface area contributed by atoms with Crippen LogP contribution in [0.1, 0.15) is 15.9 Å². The molecule has 8 nitrogen and oxygen atoms in total. The number of nitriles is 1. The predicted molar refractivity (Wildman–Crippen MR) is 116 cm³/mol. The summed E-state index contributed by atoms with van der Waals surface area (Å²) >= 11 is 0. The number of carbonyl (C=O) groups is 1. The molecule has 0 saturated carbocycles. The minimum Gasteiger partial charge on any atom is -0.497 e. The maximum absolute atomic E-state index is 13.0. The van der Waals surface area contributed by atoms with E-state index in [1.54, 1.807) is 42.5 Å². The lowest BCUT2D eigenvalue weighted by Gasteiger charge is -2.14. The summed E-state index contributed by atoms with van der Waals surface area (Å²) in [6.07, 6.45) is 0. The highest BCUT2D eigenvalue weighted by Crippen LogP contribution is 2.29. The third kappa shape index (κ3) is 5.12. The van der Waals surface area contributed by atoms with Crippen molar-refractivity contribution in [1.82, 2.24) is 0 Å². The largest absolute Gasteiger partial charge is 0.497 e. The second kappa shape index (κ2) is 9.19. The van der Waals surface area contributed by atoms with Crippen LogP contribution >= 0.6 is 0 Å². The van der Waals surface area contributed by atoms with Gasteiger partial charge in [-0.15, -0.1) is 0 Å². The Morgan fingerprint density at radius 2 is 1.65 bits per heavy atom. The fourth-order valence-electron chi connectivity index (χ4n) is 2.77. The van der Waals surface area contributed by atoms with Crippen molar-refractivity contribution in [2.24, 2.45) is 0 Å². The van der Waals surface area contributed by atoms with Gasteiger partial charge >= 0.3 is 0 Å². The van der Waals surface area contributed by atoms with Gasteiger partial charge in [-0.2, -0.15) is 5.26 Å². The third-order valence-corrected chi connectivity index (χ3v) is 5.71. The number of amides is 1. The molecule has 3 rings (SSSR count). The fraction of sp³-hybridized carbons (Fsp3) is 0.0909. The lowest BCUT2D eigenvalue weighted by Crippen LogP contribution is -2.16. The number of rotatable bonds is 7. The number of nitrogens with one attached hydrogen (secondary N) is 2. The van der Waals surface area contributed by atoms with Gasteiger partial charge < -0.3 is 14.8 Å². The molecule has 0 bridgehead atoms. The highest BCUT2D eigenvalue weighted by atomic mass is 32.2. The van der Waals surface area contributed by atoms with Gasteiger partial charge in [-0.05, 0) is 60.7 Å². The molecule has 9 heteroatoms. The maximum atomic E-state index is 13.0. The van der Waals surface area contributed by atoms with Crippen LogP contribution in [-0.4, -0.2) is 28.5 Å². The van der Waals surface area contributed by atoms with Crippen molar-refractivity contribution >= 4 is 27.3 Å². The molecule has 0 aliphatic rings. The number of carbonyl (C=O) groups excluding carboxylic acids is 1. The van der Waals surface area contributed by atoms with Gasteiger partial charge in [0, 0.05) is 16.9 Å². The van der Waals surface area contributed by atoms with Crippen LogP contribution < -0.4 is 19.5 Å². The van der Waals surface area contributed by atoms with E-state index in [2.05, 4.69) is 10.0 Å². The van der Waals surface area contributed by atoms with Crippen LogP contribution in [0.2, 0.25) is 0 Å². The van der Waals surface area contributed by atoms with E-state index in [1.807, 2.05) is 6.07 Å². The normalized spacial score (nSPS) is 10.6. The standard InChI is InChI=1S/C22H19N3O5S/c1-29-19-9-6-17(7-10-19)25-31(27,28)21-13-18(8-11-20(21)30-2)24-22(26)16-5-3-4-15(12-16)14-23/h3-13,25H,1-2H3,(H,24,26). The number of hydrogen-bond donors (Lipinski definition) is 2. The molecule has 158 valence electrons. The van der Waals surface area contributed by atoms with Crippen LogP contribution in [0, 0.1) is 11.3 Å². The van der Waals surface area contributed by atoms with Crippen molar-refractivity contribution in [1.29, 1.82) is 5.26 Å². The Bertz CT molecular complexity index is 1250. The second-order valence-corrected chi connectivity index (χ2v) is 8.00. The van der Waals surface area contributed by atoms with Crippen LogP contribution in [-0.2, 0) is 10.0 Å². The highest BCUT2D eigenvalue weighted by Gasteiger charge is 2.21. The summed E-state index contributed by atoms with van der Waals surface area (Å²) < 4.78 is 38.6. The first-order chi connectivity index (χ1) is 14.9. The van der Waals surface area contributed by atoms with E-state index in [0.29, 0.717) is 17.0 Å². The van der Waals surface area contributed by atoms with Crippen molar-refractivity contribution in [2.75, 3.05) is 24.3 Å². The lowest BCUT2D eigenvalue weighted by atomic mass is 10.1. The molecule has 0 spiro atoms. The highest BCUT2D eigenvalue weighted by molar-refractivity contribution is 7.92. The summed E-state index contributed by atoms with van der Waals surface area (Å²) in [6, 6.07) is 18.8. The second-order valence-electron chi connectivity index (χ2n) is 6.35. The molecular weight excluding hydrogens is 418 g/mol. The van der Waals surface area contributed by atoms with Gasteiger partial charge in [-0.1, -0.05) is 6.07 Å². The van der Waals surface area contributed by atoms with Crippen molar-refractivity contribution in [2.45, 2.75) is 4.90 Å². The summed E-state index contributed by atoms with van der Waals surface area (Å²) in [4.78, 5) is 12.4. The van der Waals surface area contributed by atoms with Gasteiger partial charge in [-0.3, -0.25) is 9.52 Å². The number of sulfonamides is 1. The Morgan fingerprint density at radius 1 is 0.935 bits per heavy atom. The summed E-state index contributed by atoms with van der Waals surface area (Å²) in [5.74, 6) is 0.227. The number of nitrogens with zero attached hydrogens (tertiary/aromatic N) is 1. The van der Waals surface area contributed by atoms with Gasteiger partial charge in [0.1, 0.15) is 16.4 Å². The van der Waals surface area contributed by atoms with Gasteiger partial charge in [0.05, 0.1) is 25.9 Å². The number of benzene rings is 3. The van der Waals surface area contributed by atoms with Crippen LogP contribution in [0.4, 0.5) is 11.4 Å². The zero-order valence-corrected chi connectivity index (χ0v) is 17.6. The van der Waals surface area contributed by atoms with Crippen LogP contribution in [0.3, 0.4) is 0 Å². The number of methoxy groups -OCH3 is 2. The number of ether oxygens (including phenoxy) is 2. The van der Waals surface area contributed by atoms with Crippen molar-refractivity contribution in [3.05, 3.63) is 77.9 Å². The molecule has 31 heavy (non-hydrogen) atoms. The molecule has 1 amide bonds. The molecule has 0 atom stereocenters. The zero-order chi connectivity index (χ0) is 22.4. The lowest BCUT2D eigenvalue weighted by molar-refractivity contribution is 0.102. The predicted octanol–water partition coefficient (Wildman–Crippen LogP) is 3.63. The number of hydrogen-bond acceptors (Lipinski definition) is 6. The van der Waals surface area contributed by atoms with Crippen molar-refractivity contribution in [3.8, 4) is 17.6 Å². The van der Waals surface area contributed by atoms with E-state index < -0.39 is 15.9 Å². The average Bonchev–Trinajstić information content (AvgIpc) is 2.79. The molecule has 0 aliphatic carbocycles. The summed E-state index contributed by atoms with van der Waals surface area (Å²) in [5.41, 5.74) is 1.21. The van der Waals surface area contributed by atoms with E-state index in [9.17, 15) is 13.2 Å². The fourth-order valence-corrected chi connectivity index (χ4v) is 4.02. The minimum absolute atomic E-state index is 0.116. The molecule has 0 unspecified atom stereocenters. The van der Waals surface area contributed by atoms with Crippen LogP contribution in [0.15, 0.2) is 71.6 Å². The monoisotopic (exact) mass is 437 g/mol. The molecule has 0 heterocycles. The molecule has 0 saturated heterocycles. The molecule has 3 aromatic rings. The van der Waals surface area contributed by atoms with E-state index in [0.717, 1.165) is 0 Å². The van der Waals surface area contributed by atoms with E-state index >= 15 is 0 Å². The third-order valence-electron chi connectivity index (χ3n) is 4.31. The SMILES string of the molecule is COc1ccc(NS(=O)(=O)c2cc(NC(=O)c3cccc(C#N)c3)ccc2OC)cc1. The Labute approximate surface area is 180 Å². The van der Waals surface area contributed by atoms with Gasteiger partial charge in [0.2, 0.25) is 0 Å². The number of anilines is 2. The first-order valence-electron chi connectivity index (χ1n) is 9.02. The van der Waals surface area contributed by atoms with Gasteiger partial charge in [0.25, 0.3) is 15.9 Å². The van der Waals surface area contributed by atoms with Gasteiger partial charge in [-0.25, -0.2) is 8.42 Å². The molecule has 2 N–H and O–H groups in total. The Morgan fingerprint density at radius 3 is 2.29 bits per heavy atom. The van der Waals surface area contributed by atoms with Crippen LogP contribution in [0.25, 0.3) is 0 Å². The van der Waals surface area contributed by atoms with Crippen molar-refractivity contribution < 1.29 is 22.7 Å². The molecule has 0 aromatic heterocycles. The Hall–Kier alpha value is -4.03. The molecule has 0 radical (unpaired) electrons. The molecular formula is C22H19N3O5S. The first-order valence-corrected chi connectivity index (χ1v) is 10.5. The zero-order valence-electron chi connectivity index (χ0n) is 16.7. The Kier molecular flexibility index (Phi) is 6.43. The van der Waals surface area contributed by atoms with E-state index in [1.165, 1.54) is 38.5 Å². The maximum Gasteiger partial charge on any atom is 0.265 e. The quantitative estimate of drug-likeness (QED) is 0.583. The summed E-state index contributed by atoms with van der Waals surface area (Å²) in [6.45, 7) is 0. The molecule has 0 fully saturated rings. The van der Waals surface area contributed by atoms with Crippen molar-refractivity contribution in [3.63, 3.8) is 0 Å². The van der Waals surface area contributed by atoms with Crippen LogP contribution in [0.5, 0.6) is 11.5 Å². The molecule has 0 aliphatic heterocycles. The van der Waals surface area contributed by atoms with E-state index in [-0.39, 0.29) is 21.9 Å². The summed E-state index contributed by atoms with van der Waals surface area (Å²) in [5, 5.41) is 11.6. The first kappa shape index (κ1) is 21.7. The Balaban J connectivity index is 1.88. The van der Waals surface area contributed by atoms with Gasteiger partial charge in [0.15, 0.2) is 0 Å². The average molecular weight is 437 g/mol. The smallest absolute Gasteiger partial charge is 0.265 e. The topological polar surface area (TPSA) is 118 Å². The van der Waals surface area contributed by atoms with E-state index in [4.69, 9.17) is 14.7 Å². The minimum atomic E-state index is -4.02. The molecule has 3 aromatic carbocycles.